The van der Waals surface area contributed by atoms with Crippen LogP contribution in [-0.2, 0) is 0 Å². The van der Waals surface area contributed by atoms with Crippen molar-refractivity contribution in [2.24, 2.45) is 5.92 Å². The molecule has 0 atom stereocenters. The standard InChI is InChI=1S/C13H13N/c1-11(2)6-5-9-12-7-3-4-8-13(12)10-14/h3-4,7-8,11H,6H2,1-2H3. The Balaban J connectivity index is 2.85. The van der Waals surface area contributed by atoms with E-state index in [9.17, 15) is 0 Å². The first-order valence-corrected chi connectivity index (χ1v) is 4.72. The number of rotatable bonds is 1. The largest absolute Gasteiger partial charge is 0.192 e. The molecule has 0 aliphatic carbocycles. The van der Waals surface area contributed by atoms with Gasteiger partial charge in [0, 0.05) is 12.0 Å². The van der Waals surface area contributed by atoms with Crippen molar-refractivity contribution in [2.45, 2.75) is 20.3 Å². The van der Waals surface area contributed by atoms with Gasteiger partial charge in [-0.15, -0.1) is 0 Å². The van der Waals surface area contributed by atoms with Gasteiger partial charge in [0.1, 0.15) is 6.07 Å². The number of hydrogen-bond donors (Lipinski definition) is 0. The molecule has 1 aromatic rings. The summed E-state index contributed by atoms with van der Waals surface area (Å²) in [6.45, 7) is 4.26. The summed E-state index contributed by atoms with van der Waals surface area (Å²) in [7, 11) is 0. The first kappa shape index (κ1) is 10.4. The average Bonchev–Trinajstić information content (AvgIpc) is 2.18. The van der Waals surface area contributed by atoms with E-state index >= 15 is 0 Å². The summed E-state index contributed by atoms with van der Waals surface area (Å²) in [6, 6.07) is 9.56. The number of hydrogen-bond acceptors (Lipinski definition) is 1. The van der Waals surface area contributed by atoms with Gasteiger partial charge in [0.05, 0.1) is 5.56 Å². The molecule has 0 saturated heterocycles. The predicted octanol–water partition coefficient (Wildman–Crippen LogP) is 2.96. The molecule has 0 aliphatic heterocycles. The van der Waals surface area contributed by atoms with E-state index in [4.69, 9.17) is 5.26 Å². The van der Waals surface area contributed by atoms with Crippen LogP contribution in [-0.4, -0.2) is 0 Å². The quantitative estimate of drug-likeness (QED) is 0.614. The Morgan fingerprint density at radius 1 is 1.21 bits per heavy atom. The third kappa shape index (κ3) is 2.96. The second-order valence-corrected chi connectivity index (χ2v) is 3.56. The SMILES string of the molecule is CC(C)CC#Cc1ccccc1C#N. The maximum absolute atomic E-state index is 8.81. The van der Waals surface area contributed by atoms with Crippen LogP contribution in [0.15, 0.2) is 24.3 Å². The molecule has 1 heteroatoms. The maximum Gasteiger partial charge on any atom is 0.100 e. The topological polar surface area (TPSA) is 23.8 Å². The molecule has 0 saturated carbocycles. The van der Waals surface area contributed by atoms with E-state index in [0.717, 1.165) is 12.0 Å². The van der Waals surface area contributed by atoms with Crippen molar-refractivity contribution in [1.82, 2.24) is 0 Å². The van der Waals surface area contributed by atoms with Crippen molar-refractivity contribution < 1.29 is 0 Å². The highest BCUT2D eigenvalue weighted by molar-refractivity contribution is 5.47. The van der Waals surface area contributed by atoms with Gasteiger partial charge in [0.25, 0.3) is 0 Å². The lowest BCUT2D eigenvalue weighted by molar-refractivity contribution is 0.676. The van der Waals surface area contributed by atoms with Crippen molar-refractivity contribution in [3.8, 4) is 17.9 Å². The maximum atomic E-state index is 8.81. The van der Waals surface area contributed by atoms with E-state index in [0.29, 0.717) is 11.5 Å². The van der Waals surface area contributed by atoms with Crippen molar-refractivity contribution in [2.75, 3.05) is 0 Å². The summed E-state index contributed by atoms with van der Waals surface area (Å²) >= 11 is 0. The highest BCUT2D eigenvalue weighted by Crippen LogP contribution is 2.05. The van der Waals surface area contributed by atoms with E-state index in [1.54, 1.807) is 6.07 Å². The van der Waals surface area contributed by atoms with E-state index in [2.05, 4.69) is 31.8 Å². The summed E-state index contributed by atoms with van der Waals surface area (Å²) < 4.78 is 0. The second kappa shape index (κ2) is 5.10. The Hall–Kier alpha value is -1.73. The Labute approximate surface area is 85.4 Å². The average molecular weight is 183 g/mol. The molecule has 0 unspecified atom stereocenters. The Morgan fingerprint density at radius 3 is 2.43 bits per heavy atom. The fraction of sp³-hybridized carbons (Fsp3) is 0.308. The number of nitrogens with zero attached hydrogens (tertiary/aromatic N) is 1. The summed E-state index contributed by atoms with van der Waals surface area (Å²) in [5.41, 5.74) is 1.49. The van der Waals surface area contributed by atoms with Gasteiger partial charge in [0.15, 0.2) is 0 Å². The first-order chi connectivity index (χ1) is 6.74. The molecule has 0 bridgehead atoms. The van der Waals surface area contributed by atoms with Gasteiger partial charge in [-0.3, -0.25) is 0 Å². The van der Waals surface area contributed by atoms with E-state index in [1.807, 2.05) is 18.2 Å². The van der Waals surface area contributed by atoms with E-state index in [-0.39, 0.29) is 0 Å². The van der Waals surface area contributed by atoms with Gasteiger partial charge in [0.2, 0.25) is 0 Å². The monoisotopic (exact) mass is 183 g/mol. The summed E-state index contributed by atoms with van der Waals surface area (Å²) in [6.07, 6.45) is 0.875. The molecule has 14 heavy (non-hydrogen) atoms. The molecule has 0 heterocycles. The molecular weight excluding hydrogens is 170 g/mol. The zero-order valence-corrected chi connectivity index (χ0v) is 8.54. The Kier molecular flexibility index (Phi) is 3.77. The molecule has 1 aromatic carbocycles. The molecule has 70 valence electrons. The minimum Gasteiger partial charge on any atom is -0.192 e. The van der Waals surface area contributed by atoms with Crippen LogP contribution in [0.5, 0.6) is 0 Å². The van der Waals surface area contributed by atoms with Gasteiger partial charge in [-0.25, -0.2) is 0 Å². The first-order valence-electron chi connectivity index (χ1n) is 4.72. The second-order valence-electron chi connectivity index (χ2n) is 3.56. The molecule has 0 spiro atoms. The van der Waals surface area contributed by atoms with E-state index in [1.165, 1.54) is 0 Å². The van der Waals surface area contributed by atoms with Crippen LogP contribution < -0.4 is 0 Å². The Bertz CT molecular complexity index is 399. The molecule has 0 aromatic heterocycles. The van der Waals surface area contributed by atoms with Crippen LogP contribution in [0.4, 0.5) is 0 Å². The number of nitriles is 1. The fourth-order valence-electron chi connectivity index (χ4n) is 1.04. The van der Waals surface area contributed by atoms with Crippen LogP contribution in [0.1, 0.15) is 31.4 Å². The lowest BCUT2D eigenvalue weighted by Gasteiger charge is -1.95. The zero-order valence-electron chi connectivity index (χ0n) is 8.54. The minimum absolute atomic E-state index is 0.580. The minimum atomic E-state index is 0.580. The van der Waals surface area contributed by atoms with Crippen LogP contribution in [0.25, 0.3) is 0 Å². The van der Waals surface area contributed by atoms with Crippen LogP contribution in [0, 0.1) is 29.1 Å². The summed E-state index contributed by atoms with van der Waals surface area (Å²) in [5, 5.41) is 8.81. The van der Waals surface area contributed by atoms with Gasteiger partial charge < -0.3 is 0 Å². The third-order valence-corrected chi connectivity index (χ3v) is 1.78. The van der Waals surface area contributed by atoms with Crippen LogP contribution in [0.3, 0.4) is 0 Å². The highest BCUT2D eigenvalue weighted by Gasteiger charge is 1.95. The molecule has 0 amide bonds. The zero-order chi connectivity index (χ0) is 10.4. The normalized spacial score (nSPS) is 9.00. The number of benzene rings is 1. The molecule has 0 radical (unpaired) electrons. The van der Waals surface area contributed by atoms with Crippen LogP contribution in [0.2, 0.25) is 0 Å². The molecule has 0 aliphatic rings. The summed E-state index contributed by atoms with van der Waals surface area (Å²) in [4.78, 5) is 0. The smallest absolute Gasteiger partial charge is 0.100 e. The molecule has 0 N–H and O–H groups in total. The van der Waals surface area contributed by atoms with Crippen molar-refractivity contribution in [3.63, 3.8) is 0 Å². The van der Waals surface area contributed by atoms with Crippen molar-refractivity contribution in [1.29, 1.82) is 5.26 Å². The van der Waals surface area contributed by atoms with E-state index < -0.39 is 0 Å². The van der Waals surface area contributed by atoms with Gasteiger partial charge >= 0.3 is 0 Å². The highest BCUT2D eigenvalue weighted by atomic mass is 14.2. The molecule has 0 fully saturated rings. The third-order valence-electron chi connectivity index (χ3n) is 1.78. The van der Waals surface area contributed by atoms with Crippen LogP contribution >= 0.6 is 0 Å². The molecule has 1 nitrogen and oxygen atoms in total. The Morgan fingerprint density at radius 2 is 1.86 bits per heavy atom. The van der Waals surface area contributed by atoms with Crippen molar-refractivity contribution in [3.05, 3.63) is 35.4 Å². The van der Waals surface area contributed by atoms with Gasteiger partial charge in [-0.05, 0) is 18.1 Å². The molecule has 1 rings (SSSR count). The fourth-order valence-corrected chi connectivity index (χ4v) is 1.04. The molecular formula is C13H13N. The van der Waals surface area contributed by atoms with Gasteiger partial charge in [-0.2, -0.15) is 5.26 Å². The summed E-state index contributed by atoms with van der Waals surface area (Å²) in [5.74, 6) is 6.68. The van der Waals surface area contributed by atoms with Crippen molar-refractivity contribution >= 4 is 0 Å². The lowest BCUT2D eigenvalue weighted by Crippen LogP contribution is -1.84. The lowest BCUT2D eigenvalue weighted by atomic mass is 10.1. The predicted molar refractivity (Wildman–Crippen MR) is 57.5 cm³/mol. The van der Waals surface area contributed by atoms with Gasteiger partial charge in [-0.1, -0.05) is 37.8 Å².